The molecule has 4 heterocycles. The summed E-state index contributed by atoms with van der Waals surface area (Å²) >= 11 is 0. The molecule has 1 aliphatic heterocycles. The average molecular weight is 431 g/mol. The van der Waals surface area contributed by atoms with Gasteiger partial charge in [0.1, 0.15) is 11.6 Å². The third-order valence-electron chi connectivity index (χ3n) is 5.69. The van der Waals surface area contributed by atoms with Crippen molar-refractivity contribution in [2.24, 2.45) is 0 Å². The molecule has 4 aromatic rings. The van der Waals surface area contributed by atoms with Gasteiger partial charge in [0, 0.05) is 31.4 Å². The Morgan fingerprint density at radius 2 is 1.94 bits per heavy atom. The summed E-state index contributed by atoms with van der Waals surface area (Å²) in [5, 5.41) is 7.48. The van der Waals surface area contributed by atoms with E-state index in [0.717, 1.165) is 24.5 Å². The number of pyridine rings is 2. The van der Waals surface area contributed by atoms with Crippen LogP contribution in [0.2, 0.25) is 0 Å². The molecule has 162 valence electrons. The molecule has 5 rings (SSSR count). The lowest BCUT2D eigenvalue weighted by atomic mass is 10.0. The van der Waals surface area contributed by atoms with E-state index in [2.05, 4.69) is 25.3 Å². The number of rotatable bonds is 5. The van der Waals surface area contributed by atoms with Crippen LogP contribution >= 0.6 is 0 Å². The molecule has 0 radical (unpaired) electrons. The number of hydrogen-bond acceptors (Lipinski definition) is 6. The largest absolute Gasteiger partial charge is 0.357 e. The number of aromatic nitrogens is 3. The second-order valence-corrected chi connectivity index (χ2v) is 7.91. The van der Waals surface area contributed by atoms with Crippen LogP contribution in [-0.4, -0.2) is 34.1 Å². The molecule has 8 heteroatoms. The van der Waals surface area contributed by atoms with Gasteiger partial charge in [-0.1, -0.05) is 11.2 Å². The minimum absolute atomic E-state index is 0.268. The number of nitrogens with zero attached hydrogens (tertiary/aromatic N) is 4. The Kier molecular flexibility index (Phi) is 5.26. The molecule has 0 unspecified atom stereocenters. The van der Waals surface area contributed by atoms with Crippen LogP contribution in [0.3, 0.4) is 0 Å². The van der Waals surface area contributed by atoms with E-state index in [1.807, 2.05) is 12.1 Å². The van der Waals surface area contributed by atoms with Crippen LogP contribution in [0, 0.1) is 12.7 Å². The first-order valence-corrected chi connectivity index (χ1v) is 10.6. The molecule has 0 atom stereocenters. The molecule has 1 aliphatic rings. The van der Waals surface area contributed by atoms with Crippen LogP contribution in [0.15, 0.2) is 53.2 Å². The van der Waals surface area contributed by atoms with Crippen molar-refractivity contribution in [3.63, 3.8) is 0 Å². The molecule has 7 nitrogen and oxygen atoms in total. The lowest BCUT2D eigenvalue weighted by Crippen LogP contribution is -2.24. The van der Waals surface area contributed by atoms with Crippen molar-refractivity contribution >= 4 is 22.8 Å². The van der Waals surface area contributed by atoms with Gasteiger partial charge in [0.15, 0.2) is 0 Å². The number of carbonyl (C=O) groups excluding carboxylic acids is 1. The zero-order chi connectivity index (χ0) is 22.1. The zero-order valence-corrected chi connectivity index (χ0v) is 17.6. The highest BCUT2D eigenvalue weighted by molar-refractivity contribution is 6.06. The smallest absolute Gasteiger partial charge is 0.259 e. The number of benzene rings is 1. The molecule has 32 heavy (non-hydrogen) atoms. The molecule has 1 saturated heterocycles. The monoisotopic (exact) mass is 431 g/mol. The first-order chi connectivity index (χ1) is 15.6. The summed E-state index contributed by atoms with van der Waals surface area (Å²) in [7, 11) is 0. The highest BCUT2D eigenvalue weighted by Gasteiger charge is 2.19. The van der Waals surface area contributed by atoms with Gasteiger partial charge >= 0.3 is 0 Å². The second kappa shape index (κ2) is 8.37. The van der Waals surface area contributed by atoms with E-state index in [1.54, 1.807) is 31.3 Å². The number of carbonyl (C=O) groups is 1. The van der Waals surface area contributed by atoms with E-state index in [1.165, 1.54) is 25.0 Å². The van der Waals surface area contributed by atoms with Crippen molar-refractivity contribution in [2.45, 2.75) is 26.3 Å². The first-order valence-electron chi connectivity index (χ1n) is 10.6. The third-order valence-corrected chi connectivity index (χ3v) is 5.69. The summed E-state index contributed by atoms with van der Waals surface area (Å²) in [6.07, 6.45) is 4.19. The van der Waals surface area contributed by atoms with Gasteiger partial charge in [-0.25, -0.2) is 14.4 Å². The van der Waals surface area contributed by atoms with Crippen molar-refractivity contribution in [3.8, 4) is 11.3 Å². The summed E-state index contributed by atoms with van der Waals surface area (Å²) < 4.78 is 18.6. The van der Waals surface area contributed by atoms with Crippen molar-refractivity contribution in [3.05, 3.63) is 71.3 Å². The normalized spacial score (nSPS) is 13.6. The number of amides is 1. The fraction of sp³-hybridized carbons (Fsp3) is 0.250. The lowest BCUT2D eigenvalue weighted by Gasteiger charge is -2.16. The zero-order valence-electron chi connectivity index (χ0n) is 17.6. The highest BCUT2D eigenvalue weighted by Crippen LogP contribution is 2.27. The van der Waals surface area contributed by atoms with Gasteiger partial charge in [-0.3, -0.25) is 4.79 Å². The average Bonchev–Trinajstić information content (AvgIpc) is 3.48. The lowest BCUT2D eigenvalue weighted by molar-refractivity contribution is 0.0952. The van der Waals surface area contributed by atoms with E-state index >= 15 is 0 Å². The number of hydrogen-bond donors (Lipinski definition) is 1. The quantitative estimate of drug-likeness (QED) is 0.508. The summed E-state index contributed by atoms with van der Waals surface area (Å²) in [5.74, 6) is 0.362. The van der Waals surface area contributed by atoms with Gasteiger partial charge in [0.25, 0.3) is 11.6 Å². The van der Waals surface area contributed by atoms with E-state index in [0.29, 0.717) is 34.4 Å². The molecule has 1 fully saturated rings. The summed E-state index contributed by atoms with van der Waals surface area (Å²) in [5.41, 5.74) is 3.36. The molecule has 1 aromatic carbocycles. The van der Waals surface area contributed by atoms with Crippen LogP contribution in [-0.2, 0) is 6.54 Å². The van der Waals surface area contributed by atoms with Crippen molar-refractivity contribution in [2.75, 3.05) is 18.0 Å². The second-order valence-electron chi connectivity index (χ2n) is 7.91. The summed E-state index contributed by atoms with van der Waals surface area (Å²) in [6.45, 7) is 4.18. The van der Waals surface area contributed by atoms with E-state index in [4.69, 9.17) is 4.52 Å². The standard InChI is InChI=1S/C24H22FN5O2/c1-15-22-19(12-20(28-24(22)32-29-15)17-5-7-18(25)8-6-17)23(31)27-14-16-4-9-21(26-13-16)30-10-2-3-11-30/h4-9,12-13H,2-3,10-11,14H2,1H3,(H,27,31). The van der Waals surface area contributed by atoms with Crippen LogP contribution in [0.25, 0.3) is 22.4 Å². The number of fused-ring (bicyclic) bond motifs is 1. The van der Waals surface area contributed by atoms with Crippen LogP contribution in [0.1, 0.15) is 34.5 Å². The SMILES string of the molecule is Cc1noc2nc(-c3ccc(F)cc3)cc(C(=O)NCc3ccc(N4CCCC4)nc3)c12. The number of aryl methyl sites for hydroxylation is 1. The molecule has 0 spiro atoms. The molecular weight excluding hydrogens is 409 g/mol. The number of halogens is 1. The fourth-order valence-electron chi connectivity index (χ4n) is 3.97. The number of nitrogens with one attached hydrogen (secondary N) is 1. The third kappa shape index (κ3) is 3.91. The van der Waals surface area contributed by atoms with Crippen LogP contribution in [0.5, 0.6) is 0 Å². The molecule has 1 amide bonds. The van der Waals surface area contributed by atoms with Gasteiger partial charge in [-0.05, 0) is 61.7 Å². The highest BCUT2D eigenvalue weighted by atomic mass is 19.1. The first kappa shape index (κ1) is 20.1. The van der Waals surface area contributed by atoms with Crippen molar-refractivity contribution in [1.29, 1.82) is 0 Å². The van der Waals surface area contributed by atoms with Crippen molar-refractivity contribution in [1.82, 2.24) is 20.4 Å². The van der Waals surface area contributed by atoms with Crippen LogP contribution in [0.4, 0.5) is 10.2 Å². The summed E-state index contributed by atoms with van der Waals surface area (Å²) in [4.78, 5) is 24.4. The van der Waals surface area contributed by atoms with Gasteiger partial charge < -0.3 is 14.7 Å². The Hall–Kier alpha value is -3.81. The Balaban J connectivity index is 1.38. The van der Waals surface area contributed by atoms with Gasteiger partial charge in [-0.15, -0.1) is 0 Å². The Labute approximate surface area is 184 Å². The molecule has 1 N–H and O–H groups in total. The molecule has 0 saturated carbocycles. The maximum Gasteiger partial charge on any atom is 0.259 e. The minimum atomic E-state index is -0.340. The Morgan fingerprint density at radius 1 is 1.16 bits per heavy atom. The van der Waals surface area contributed by atoms with E-state index < -0.39 is 0 Å². The molecule has 0 aliphatic carbocycles. The van der Waals surface area contributed by atoms with Gasteiger partial charge in [0.05, 0.1) is 22.3 Å². The van der Waals surface area contributed by atoms with Crippen molar-refractivity contribution < 1.29 is 13.7 Å². The molecular formula is C24H22FN5O2. The van der Waals surface area contributed by atoms with E-state index in [-0.39, 0.29) is 17.4 Å². The van der Waals surface area contributed by atoms with Crippen LogP contribution < -0.4 is 10.2 Å². The predicted molar refractivity (Wildman–Crippen MR) is 119 cm³/mol. The predicted octanol–water partition coefficient (Wildman–Crippen LogP) is 4.26. The maximum absolute atomic E-state index is 13.3. The Bertz CT molecular complexity index is 1260. The van der Waals surface area contributed by atoms with Gasteiger partial charge in [0.2, 0.25) is 0 Å². The number of anilines is 1. The molecule has 0 bridgehead atoms. The fourth-order valence-corrected chi connectivity index (χ4v) is 3.97. The molecule has 3 aromatic heterocycles. The van der Waals surface area contributed by atoms with E-state index in [9.17, 15) is 9.18 Å². The maximum atomic E-state index is 13.3. The summed E-state index contributed by atoms with van der Waals surface area (Å²) in [6, 6.07) is 11.6. The minimum Gasteiger partial charge on any atom is -0.357 e. The topological polar surface area (TPSA) is 84.1 Å². The Morgan fingerprint density at radius 3 is 2.66 bits per heavy atom. The van der Waals surface area contributed by atoms with Gasteiger partial charge in [-0.2, -0.15) is 0 Å².